The van der Waals surface area contributed by atoms with Crippen LogP contribution in [0.15, 0.2) is 48.5 Å². The van der Waals surface area contributed by atoms with Crippen molar-refractivity contribution in [3.05, 3.63) is 54.1 Å². The lowest BCUT2D eigenvalue weighted by atomic mass is 10.0. The van der Waals surface area contributed by atoms with E-state index in [9.17, 15) is 26.3 Å². The van der Waals surface area contributed by atoms with Gasteiger partial charge < -0.3 is 20.8 Å². The number of nitrogens with two attached hydrogens (primary N) is 1. The Hall–Kier alpha value is -3.32. The van der Waals surface area contributed by atoms with Crippen molar-refractivity contribution < 1.29 is 46.1 Å². The molecule has 2 fully saturated rings. The number of rotatable bonds is 4. The average molecular weight is 578 g/mol. The second-order valence-electron chi connectivity index (χ2n) is 9.62. The van der Waals surface area contributed by atoms with Crippen LogP contribution in [0.3, 0.4) is 0 Å². The third kappa shape index (κ3) is 10.3. The number of aryl methyl sites for hydroxylation is 1. The number of carboxylic acids is 2. The molecule has 2 aromatic rings. The molecule has 2 saturated heterocycles. The molecule has 0 aliphatic carbocycles. The van der Waals surface area contributed by atoms with Crippen LogP contribution in [0.5, 0.6) is 0 Å². The van der Waals surface area contributed by atoms with E-state index in [0.29, 0.717) is 0 Å². The molecular formula is C27H33F6N3O4. The normalized spacial score (nSPS) is 18.3. The van der Waals surface area contributed by atoms with Gasteiger partial charge in [-0.15, -0.1) is 0 Å². The minimum atomic E-state index is -5.08. The van der Waals surface area contributed by atoms with E-state index in [1.807, 2.05) is 0 Å². The molecule has 0 bridgehead atoms. The predicted octanol–water partition coefficient (Wildman–Crippen LogP) is 5.18. The number of halogens is 6. The largest absolute Gasteiger partial charge is 0.490 e. The van der Waals surface area contributed by atoms with Gasteiger partial charge in [0.1, 0.15) is 0 Å². The van der Waals surface area contributed by atoms with E-state index < -0.39 is 24.3 Å². The summed E-state index contributed by atoms with van der Waals surface area (Å²) in [6.45, 7) is 7.78. The second-order valence-corrected chi connectivity index (χ2v) is 9.62. The van der Waals surface area contributed by atoms with Crippen LogP contribution in [-0.4, -0.2) is 78.2 Å². The third-order valence-corrected chi connectivity index (χ3v) is 6.73. The molecule has 4 N–H and O–H groups in total. The Morgan fingerprint density at radius 3 is 1.60 bits per heavy atom. The lowest BCUT2D eigenvalue weighted by Gasteiger charge is -2.38. The first-order valence-electron chi connectivity index (χ1n) is 12.6. The molecule has 0 spiro atoms. The number of likely N-dealkylation sites (tertiary alicyclic amines) is 1. The van der Waals surface area contributed by atoms with E-state index in [1.54, 1.807) is 0 Å². The third-order valence-electron chi connectivity index (χ3n) is 6.73. The fourth-order valence-electron chi connectivity index (χ4n) is 4.49. The predicted molar refractivity (Wildman–Crippen MR) is 138 cm³/mol. The number of anilines is 1. The van der Waals surface area contributed by atoms with E-state index >= 15 is 0 Å². The molecule has 2 aliphatic rings. The fourth-order valence-corrected chi connectivity index (χ4v) is 4.49. The summed E-state index contributed by atoms with van der Waals surface area (Å²) >= 11 is 0. The molecule has 222 valence electrons. The molecule has 0 aromatic heterocycles. The maximum atomic E-state index is 10.6. The van der Waals surface area contributed by atoms with Crippen LogP contribution in [0.4, 0.5) is 32.0 Å². The molecule has 40 heavy (non-hydrogen) atoms. The molecule has 7 nitrogen and oxygen atoms in total. The van der Waals surface area contributed by atoms with Gasteiger partial charge in [-0.3, -0.25) is 4.90 Å². The summed E-state index contributed by atoms with van der Waals surface area (Å²) < 4.78 is 63.5. The maximum Gasteiger partial charge on any atom is 0.490 e. The van der Waals surface area contributed by atoms with Gasteiger partial charge in [0.05, 0.1) is 0 Å². The summed E-state index contributed by atoms with van der Waals surface area (Å²) in [5.74, 6) is -4.79. The van der Waals surface area contributed by atoms with Crippen molar-refractivity contribution in [1.82, 2.24) is 4.90 Å². The highest BCUT2D eigenvalue weighted by molar-refractivity contribution is 5.73. The van der Waals surface area contributed by atoms with Crippen molar-refractivity contribution >= 4 is 17.6 Å². The highest BCUT2D eigenvalue weighted by atomic mass is 19.4. The molecule has 13 heteroatoms. The van der Waals surface area contributed by atoms with Crippen LogP contribution in [0.2, 0.25) is 0 Å². The first kappa shape index (κ1) is 32.9. The Morgan fingerprint density at radius 1 is 0.800 bits per heavy atom. The van der Waals surface area contributed by atoms with Gasteiger partial charge in [-0.25, -0.2) is 9.59 Å². The number of hydrogen-bond donors (Lipinski definition) is 3. The summed E-state index contributed by atoms with van der Waals surface area (Å²) in [5.41, 5.74) is 11.1. The summed E-state index contributed by atoms with van der Waals surface area (Å²) in [6, 6.07) is 18.6. The lowest BCUT2D eigenvalue weighted by Crippen LogP contribution is -2.44. The second kappa shape index (κ2) is 14.4. The van der Waals surface area contributed by atoms with Crippen LogP contribution < -0.4 is 10.6 Å². The van der Waals surface area contributed by atoms with Crippen molar-refractivity contribution in [2.24, 2.45) is 11.7 Å². The molecule has 1 unspecified atom stereocenters. The highest BCUT2D eigenvalue weighted by Gasteiger charge is 2.39. The molecule has 2 aliphatic heterocycles. The molecule has 1 atom stereocenters. The smallest absolute Gasteiger partial charge is 0.475 e. The van der Waals surface area contributed by atoms with Crippen LogP contribution in [0.1, 0.15) is 24.8 Å². The number of carboxylic acid groups (broad SMARTS) is 2. The SMILES string of the molecule is Cc1ccc(-c2ccc(N3CCC(N4CCC(CN)C4)CC3)cc2)cc1.O=C(O)C(F)(F)F.O=C(O)C(F)(F)F. The number of carbonyl (C=O) groups is 2. The summed E-state index contributed by atoms with van der Waals surface area (Å²) in [7, 11) is 0. The van der Waals surface area contributed by atoms with Gasteiger partial charge in [-0.05, 0) is 68.5 Å². The Labute approximate surface area is 228 Å². The number of aliphatic carboxylic acids is 2. The quantitative estimate of drug-likeness (QED) is 0.430. The van der Waals surface area contributed by atoms with Gasteiger partial charge in [0.15, 0.2) is 0 Å². The Morgan fingerprint density at radius 2 is 1.23 bits per heavy atom. The zero-order valence-corrected chi connectivity index (χ0v) is 21.9. The van der Waals surface area contributed by atoms with Crippen molar-refractivity contribution in [3.63, 3.8) is 0 Å². The van der Waals surface area contributed by atoms with Crippen molar-refractivity contribution in [1.29, 1.82) is 0 Å². The monoisotopic (exact) mass is 577 g/mol. The van der Waals surface area contributed by atoms with Crippen molar-refractivity contribution in [2.45, 2.75) is 44.6 Å². The van der Waals surface area contributed by atoms with Gasteiger partial charge in [0.2, 0.25) is 0 Å². The Balaban J connectivity index is 0.000000333. The lowest BCUT2D eigenvalue weighted by molar-refractivity contribution is -0.193. The van der Waals surface area contributed by atoms with E-state index in [1.165, 1.54) is 67.8 Å². The molecular weight excluding hydrogens is 544 g/mol. The number of piperidine rings is 1. The maximum absolute atomic E-state index is 10.6. The molecule has 0 amide bonds. The minimum absolute atomic E-state index is 0.724. The average Bonchev–Trinajstić information content (AvgIpc) is 3.39. The van der Waals surface area contributed by atoms with Crippen molar-refractivity contribution in [3.8, 4) is 11.1 Å². The number of nitrogens with zero attached hydrogens (tertiary/aromatic N) is 2. The van der Waals surface area contributed by atoms with Gasteiger partial charge >= 0.3 is 24.3 Å². The molecule has 0 saturated carbocycles. The molecule has 2 heterocycles. The van der Waals surface area contributed by atoms with Gasteiger partial charge in [0.25, 0.3) is 0 Å². The van der Waals surface area contributed by atoms with Crippen LogP contribution in [0.25, 0.3) is 11.1 Å². The first-order chi connectivity index (χ1) is 18.6. The van der Waals surface area contributed by atoms with E-state index in [4.69, 9.17) is 25.5 Å². The zero-order valence-electron chi connectivity index (χ0n) is 21.9. The van der Waals surface area contributed by atoms with Crippen LogP contribution in [0, 0.1) is 12.8 Å². The standard InChI is InChI=1S/C23H31N3.2C2HF3O2/c1-18-2-4-20(5-3-18)21-6-8-22(9-7-21)25-14-11-23(12-15-25)26-13-10-19(16-24)17-26;2*3-2(4,5)1(6)7/h2-9,19,23H,10-17,24H2,1H3;2*(H,6,7). The van der Waals surface area contributed by atoms with Crippen LogP contribution in [-0.2, 0) is 9.59 Å². The van der Waals surface area contributed by atoms with Crippen LogP contribution >= 0.6 is 0 Å². The Bertz CT molecular complexity index is 1060. The molecule has 2 aromatic carbocycles. The van der Waals surface area contributed by atoms with Crippen molar-refractivity contribution in [2.75, 3.05) is 37.6 Å². The molecule has 4 rings (SSSR count). The highest BCUT2D eigenvalue weighted by Crippen LogP contribution is 2.28. The van der Waals surface area contributed by atoms with Gasteiger partial charge in [-0.1, -0.05) is 42.0 Å². The topological polar surface area (TPSA) is 107 Å². The minimum Gasteiger partial charge on any atom is -0.475 e. The number of hydrogen-bond acceptors (Lipinski definition) is 5. The number of benzene rings is 2. The van der Waals surface area contributed by atoms with E-state index in [-0.39, 0.29) is 0 Å². The summed E-state index contributed by atoms with van der Waals surface area (Å²) in [5, 5.41) is 14.2. The zero-order chi connectivity index (χ0) is 30.1. The first-order valence-corrected chi connectivity index (χ1v) is 12.6. The number of alkyl halides is 6. The van der Waals surface area contributed by atoms with E-state index in [2.05, 4.69) is 65.3 Å². The Kier molecular flexibility index (Phi) is 11.8. The van der Waals surface area contributed by atoms with E-state index in [0.717, 1.165) is 18.5 Å². The fraction of sp³-hybridized carbons (Fsp3) is 0.481. The van der Waals surface area contributed by atoms with Gasteiger partial charge in [-0.2, -0.15) is 26.3 Å². The molecule has 0 radical (unpaired) electrons. The van der Waals surface area contributed by atoms with Gasteiger partial charge in [0, 0.05) is 31.4 Å². The summed E-state index contributed by atoms with van der Waals surface area (Å²) in [6.07, 6.45) is -6.33. The summed E-state index contributed by atoms with van der Waals surface area (Å²) in [4.78, 5) is 23.0.